The number of benzene rings is 1. The predicted molar refractivity (Wildman–Crippen MR) is 85.2 cm³/mol. The number of carbonyl (C=O) groups excluding carboxylic acids is 1. The number of amides is 1. The zero-order valence-corrected chi connectivity index (χ0v) is 13.3. The molecule has 0 bridgehead atoms. The van der Waals surface area contributed by atoms with Crippen molar-refractivity contribution in [2.45, 2.75) is 25.7 Å². The molecule has 1 amide bonds. The fourth-order valence-corrected chi connectivity index (χ4v) is 3.07. The second-order valence-corrected chi connectivity index (χ2v) is 5.73. The Kier molecular flexibility index (Phi) is 4.92. The summed E-state index contributed by atoms with van der Waals surface area (Å²) in [6.07, 6.45) is 0.382. The van der Waals surface area contributed by atoms with Crippen LogP contribution in [-0.2, 0) is 10.2 Å². The highest BCUT2D eigenvalue weighted by molar-refractivity contribution is 7.03. The Hall–Kier alpha value is -2.21. The van der Waals surface area contributed by atoms with Crippen molar-refractivity contribution < 1.29 is 14.7 Å². The van der Waals surface area contributed by atoms with Crippen LogP contribution in [0, 0.1) is 6.92 Å². The van der Waals surface area contributed by atoms with E-state index in [2.05, 4.69) is 9.69 Å². The largest absolute Gasteiger partial charge is 0.481 e. The number of rotatable bonds is 6. The molecule has 116 valence electrons. The lowest BCUT2D eigenvalue weighted by molar-refractivity contribution is -0.143. The van der Waals surface area contributed by atoms with E-state index < -0.39 is 11.4 Å². The maximum absolute atomic E-state index is 12.2. The molecule has 1 heterocycles. The second kappa shape index (κ2) is 6.70. The summed E-state index contributed by atoms with van der Waals surface area (Å²) in [4.78, 5) is 24.1. The summed E-state index contributed by atoms with van der Waals surface area (Å²) in [6, 6.07) is 9.00. The normalized spacial score (nSPS) is 13.4. The highest BCUT2D eigenvalue weighted by atomic mass is 32.1. The van der Waals surface area contributed by atoms with Crippen LogP contribution < -0.4 is 5.32 Å². The molecule has 0 saturated carbocycles. The number of carbonyl (C=O) groups is 2. The van der Waals surface area contributed by atoms with Gasteiger partial charge in [-0.05, 0) is 30.4 Å². The van der Waals surface area contributed by atoms with E-state index in [4.69, 9.17) is 0 Å². The summed E-state index contributed by atoms with van der Waals surface area (Å²) < 4.78 is 4.06. The molecule has 2 rings (SSSR count). The lowest BCUT2D eigenvalue weighted by Gasteiger charge is -2.29. The van der Waals surface area contributed by atoms with E-state index in [9.17, 15) is 14.7 Å². The molecule has 0 radical (unpaired) electrons. The Morgan fingerprint density at radius 3 is 2.50 bits per heavy atom. The van der Waals surface area contributed by atoms with Gasteiger partial charge in [-0.15, -0.1) is 0 Å². The standard InChI is InChI=1S/C16H18N2O3S/c1-3-16(15(20)21,12-7-5-4-6-8-12)10-17-14(19)13-9-22-18-11(13)2/h4-9H,3,10H2,1-2H3,(H,17,19)(H,20,21). The number of carboxylic acid groups (broad SMARTS) is 1. The number of hydrogen-bond acceptors (Lipinski definition) is 4. The van der Waals surface area contributed by atoms with Gasteiger partial charge >= 0.3 is 5.97 Å². The minimum Gasteiger partial charge on any atom is -0.481 e. The van der Waals surface area contributed by atoms with Crippen molar-refractivity contribution in [1.82, 2.24) is 9.69 Å². The Balaban J connectivity index is 2.23. The molecule has 22 heavy (non-hydrogen) atoms. The number of nitrogens with one attached hydrogen (secondary N) is 1. The second-order valence-electron chi connectivity index (χ2n) is 5.10. The quantitative estimate of drug-likeness (QED) is 0.858. The molecule has 1 atom stereocenters. The third-order valence-electron chi connectivity index (χ3n) is 3.88. The van der Waals surface area contributed by atoms with Gasteiger partial charge in [-0.25, -0.2) is 0 Å². The van der Waals surface area contributed by atoms with E-state index in [1.165, 1.54) is 11.5 Å². The van der Waals surface area contributed by atoms with Gasteiger partial charge in [0.05, 0.1) is 11.3 Å². The van der Waals surface area contributed by atoms with Crippen LogP contribution in [-0.4, -0.2) is 27.9 Å². The summed E-state index contributed by atoms with van der Waals surface area (Å²) in [5.41, 5.74) is 0.701. The Bertz CT molecular complexity index is 669. The van der Waals surface area contributed by atoms with E-state index >= 15 is 0 Å². The lowest BCUT2D eigenvalue weighted by Crippen LogP contribution is -2.46. The molecule has 0 saturated heterocycles. The molecule has 5 nitrogen and oxygen atoms in total. The number of hydrogen-bond donors (Lipinski definition) is 2. The molecule has 0 spiro atoms. The first-order valence-corrected chi connectivity index (χ1v) is 7.83. The van der Waals surface area contributed by atoms with Gasteiger partial charge in [-0.2, -0.15) is 4.37 Å². The maximum Gasteiger partial charge on any atom is 0.315 e. The number of aryl methyl sites for hydroxylation is 1. The van der Waals surface area contributed by atoms with Crippen LogP contribution in [0.3, 0.4) is 0 Å². The molecule has 2 N–H and O–H groups in total. The van der Waals surface area contributed by atoms with E-state index in [1.54, 1.807) is 36.6 Å². The summed E-state index contributed by atoms with van der Waals surface area (Å²) in [7, 11) is 0. The van der Waals surface area contributed by atoms with Crippen molar-refractivity contribution in [3.8, 4) is 0 Å². The monoisotopic (exact) mass is 318 g/mol. The molecular weight excluding hydrogens is 300 g/mol. The van der Waals surface area contributed by atoms with Crippen LogP contribution in [0.1, 0.15) is 35.0 Å². The minimum atomic E-state index is -1.13. The smallest absolute Gasteiger partial charge is 0.315 e. The summed E-state index contributed by atoms with van der Waals surface area (Å²) in [5.74, 6) is -1.23. The Labute approximate surface area is 133 Å². The Morgan fingerprint density at radius 1 is 1.32 bits per heavy atom. The number of aromatic nitrogens is 1. The first-order chi connectivity index (χ1) is 10.5. The van der Waals surface area contributed by atoms with E-state index in [1.807, 2.05) is 13.0 Å². The highest BCUT2D eigenvalue weighted by Gasteiger charge is 2.39. The van der Waals surface area contributed by atoms with E-state index in [0.29, 0.717) is 23.2 Å². The fourth-order valence-electron chi connectivity index (χ4n) is 2.38. The molecule has 0 aliphatic carbocycles. The summed E-state index contributed by atoms with van der Waals surface area (Å²) in [6.45, 7) is 3.61. The van der Waals surface area contributed by atoms with Crippen LogP contribution in [0.25, 0.3) is 0 Å². The Morgan fingerprint density at radius 2 is 2.00 bits per heavy atom. The fraction of sp³-hybridized carbons (Fsp3) is 0.312. The van der Waals surface area contributed by atoms with Gasteiger partial charge in [0.1, 0.15) is 5.41 Å². The van der Waals surface area contributed by atoms with Crippen molar-refractivity contribution in [1.29, 1.82) is 0 Å². The van der Waals surface area contributed by atoms with Crippen molar-refractivity contribution >= 4 is 23.4 Å². The van der Waals surface area contributed by atoms with Gasteiger partial charge in [0, 0.05) is 11.9 Å². The van der Waals surface area contributed by atoms with Gasteiger partial charge in [0.15, 0.2) is 0 Å². The molecule has 0 aliphatic heterocycles. The highest BCUT2D eigenvalue weighted by Crippen LogP contribution is 2.28. The lowest BCUT2D eigenvalue weighted by atomic mass is 9.78. The molecule has 1 unspecified atom stereocenters. The van der Waals surface area contributed by atoms with Crippen molar-refractivity contribution in [3.63, 3.8) is 0 Å². The zero-order valence-electron chi connectivity index (χ0n) is 12.5. The van der Waals surface area contributed by atoms with Gasteiger partial charge in [-0.1, -0.05) is 37.3 Å². The molecule has 1 aromatic carbocycles. The van der Waals surface area contributed by atoms with Crippen LogP contribution in [0.5, 0.6) is 0 Å². The SMILES string of the molecule is CCC(CNC(=O)c1csnc1C)(C(=O)O)c1ccccc1. The van der Waals surface area contributed by atoms with Crippen molar-refractivity contribution in [3.05, 3.63) is 52.5 Å². The van der Waals surface area contributed by atoms with Gasteiger partial charge in [-0.3, -0.25) is 9.59 Å². The topological polar surface area (TPSA) is 79.3 Å². The van der Waals surface area contributed by atoms with Gasteiger partial charge < -0.3 is 10.4 Å². The summed E-state index contributed by atoms with van der Waals surface area (Å²) in [5, 5.41) is 14.1. The van der Waals surface area contributed by atoms with Gasteiger partial charge in [0.2, 0.25) is 0 Å². The third-order valence-corrected chi connectivity index (χ3v) is 4.61. The predicted octanol–water partition coefficient (Wildman–Crippen LogP) is 2.61. The molecule has 0 aliphatic rings. The molecule has 6 heteroatoms. The van der Waals surface area contributed by atoms with E-state index in [-0.39, 0.29) is 12.5 Å². The number of nitrogens with zero attached hydrogens (tertiary/aromatic N) is 1. The first-order valence-electron chi connectivity index (χ1n) is 6.99. The van der Waals surface area contributed by atoms with Crippen molar-refractivity contribution in [2.75, 3.05) is 6.54 Å². The number of aliphatic carboxylic acids is 1. The van der Waals surface area contributed by atoms with Crippen molar-refractivity contribution in [2.24, 2.45) is 0 Å². The third kappa shape index (κ3) is 3.01. The average Bonchev–Trinajstić information content (AvgIpc) is 2.95. The van der Waals surface area contributed by atoms with Crippen LogP contribution in [0.4, 0.5) is 0 Å². The molecular formula is C16H18N2O3S. The van der Waals surface area contributed by atoms with Gasteiger partial charge in [0.25, 0.3) is 5.91 Å². The van der Waals surface area contributed by atoms with Crippen LogP contribution in [0.2, 0.25) is 0 Å². The average molecular weight is 318 g/mol. The van der Waals surface area contributed by atoms with E-state index in [0.717, 1.165) is 0 Å². The summed E-state index contributed by atoms with van der Waals surface area (Å²) >= 11 is 1.21. The minimum absolute atomic E-state index is 0.0387. The van der Waals surface area contributed by atoms with Crippen LogP contribution in [0.15, 0.2) is 35.7 Å². The molecule has 2 aromatic rings. The van der Waals surface area contributed by atoms with Crippen LogP contribution >= 0.6 is 11.5 Å². The molecule has 1 aromatic heterocycles. The zero-order chi connectivity index (χ0) is 16.2. The first kappa shape index (κ1) is 16.2. The maximum atomic E-state index is 12.2. The molecule has 0 fully saturated rings. The number of carboxylic acids is 1.